The lowest BCUT2D eigenvalue weighted by atomic mass is 10.1. The normalized spacial score (nSPS) is 18.1. The van der Waals surface area contributed by atoms with Gasteiger partial charge < -0.3 is 16.2 Å². The number of piperidine rings is 1. The van der Waals surface area contributed by atoms with Crippen LogP contribution in [0.1, 0.15) is 12.8 Å². The fourth-order valence-electron chi connectivity index (χ4n) is 2.14. The van der Waals surface area contributed by atoms with Gasteiger partial charge >= 0.3 is 0 Å². The van der Waals surface area contributed by atoms with Crippen molar-refractivity contribution in [2.75, 3.05) is 30.8 Å². The Morgan fingerprint density at radius 2 is 1.90 bits per heavy atom. The predicted molar refractivity (Wildman–Crippen MR) is 75.3 cm³/mol. The first-order valence-electron chi connectivity index (χ1n) is 6.24. The number of halogens is 1. The summed E-state index contributed by atoms with van der Waals surface area (Å²) in [6, 6.07) is 2.92. The smallest absolute Gasteiger partial charge is 0.211 e. The van der Waals surface area contributed by atoms with E-state index in [1.165, 1.54) is 22.7 Å². The molecular formula is C12H18FN3O3S. The lowest BCUT2D eigenvalue weighted by Crippen LogP contribution is -2.41. The lowest BCUT2D eigenvalue weighted by Gasteiger charge is -2.30. The number of hydrogen-bond acceptors (Lipinski definition) is 5. The van der Waals surface area contributed by atoms with Crippen LogP contribution in [0.5, 0.6) is 5.75 Å². The summed E-state index contributed by atoms with van der Waals surface area (Å²) < 4.78 is 43.6. The Hall–Kier alpha value is -1.54. The van der Waals surface area contributed by atoms with Gasteiger partial charge in [0.1, 0.15) is 6.10 Å². The first-order valence-corrected chi connectivity index (χ1v) is 8.09. The van der Waals surface area contributed by atoms with E-state index >= 15 is 0 Å². The molecular weight excluding hydrogens is 285 g/mol. The fourth-order valence-corrected chi connectivity index (χ4v) is 3.01. The average molecular weight is 303 g/mol. The van der Waals surface area contributed by atoms with E-state index in [0.29, 0.717) is 25.9 Å². The number of ether oxygens (including phenoxy) is 1. The molecule has 1 aromatic rings. The monoisotopic (exact) mass is 303 g/mol. The van der Waals surface area contributed by atoms with Gasteiger partial charge in [0.25, 0.3) is 0 Å². The van der Waals surface area contributed by atoms with Gasteiger partial charge in [0.15, 0.2) is 11.6 Å². The Kier molecular flexibility index (Phi) is 4.05. The summed E-state index contributed by atoms with van der Waals surface area (Å²) in [6.45, 7) is 0.741. The van der Waals surface area contributed by atoms with E-state index < -0.39 is 15.8 Å². The second-order valence-electron chi connectivity index (χ2n) is 4.86. The third-order valence-corrected chi connectivity index (χ3v) is 4.64. The minimum atomic E-state index is -3.18. The summed E-state index contributed by atoms with van der Waals surface area (Å²) >= 11 is 0. The average Bonchev–Trinajstić information content (AvgIpc) is 2.39. The van der Waals surface area contributed by atoms with Crippen LogP contribution in [0.3, 0.4) is 0 Å². The second-order valence-corrected chi connectivity index (χ2v) is 6.84. The van der Waals surface area contributed by atoms with Gasteiger partial charge in [-0.3, -0.25) is 0 Å². The van der Waals surface area contributed by atoms with E-state index in [1.54, 1.807) is 0 Å². The molecule has 2 rings (SSSR count). The summed E-state index contributed by atoms with van der Waals surface area (Å²) in [4.78, 5) is 0. The van der Waals surface area contributed by atoms with E-state index in [0.717, 1.165) is 0 Å². The van der Waals surface area contributed by atoms with Gasteiger partial charge in [0, 0.05) is 13.1 Å². The molecule has 1 heterocycles. The summed E-state index contributed by atoms with van der Waals surface area (Å²) in [5, 5.41) is 0. The van der Waals surface area contributed by atoms with Crippen molar-refractivity contribution >= 4 is 21.4 Å². The van der Waals surface area contributed by atoms with Crippen LogP contribution >= 0.6 is 0 Å². The third kappa shape index (κ3) is 3.13. The first kappa shape index (κ1) is 14.9. The number of hydrogen-bond donors (Lipinski definition) is 2. The van der Waals surface area contributed by atoms with Crippen molar-refractivity contribution in [1.82, 2.24) is 4.31 Å². The van der Waals surface area contributed by atoms with Crippen LogP contribution in [-0.2, 0) is 10.0 Å². The SMILES string of the molecule is CS(=O)(=O)N1CCC(Oc2ccc(N)c(N)c2F)CC1. The molecule has 0 saturated carbocycles. The quantitative estimate of drug-likeness (QED) is 0.804. The van der Waals surface area contributed by atoms with Crippen LogP contribution in [0.2, 0.25) is 0 Å². The number of nitrogens with zero attached hydrogens (tertiary/aromatic N) is 1. The maximum absolute atomic E-state index is 13.8. The van der Waals surface area contributed by atoms with Crippen LogP contribution in [-0.4, -0.2) is 38.2 Å². The van der Waals surface area contributed by atoms with E-state index in [4.69, 9.17) is 16.2 Å². The topological polar surface area (TPSA) is 98.6 Å². The number of sulfonamides is 1. The van der Waals surface area contributed by atoms with Gasteiger partial charge in [-0.15, -0.1) is 0 Å². The number of anilines is 2. The Labute approximate surface area is 117 Å². The first-order chi connectivity index (χ1) is 9.29. The van der Waals surface area contributed by atoms with Gasteiger partial charge in [-0.05, 0) is 25.0 Å². The molecule has 0 spiro atoms. The molecule has 1 saturated heterocycles. The van der Waals surface area contributed by atoms with E-state index in [2.05, 4.69) is 0 Å². The van der Waals surface area contributed by atoms with Crippen LogP contribution in [0.4, 0.5) is 15.8 Å². The van der Waals surface area contributed by atoms with Crippen LogP contribution in [0, 0.1) is 5.82 Å². The second kappa shape index (κ2) is 5.45. The highest BCUT2D eigenvalue weighted by atomic mass is 32.2. The molecule has 1 aliphatic rings. The van der Waals surface area contributed by atoms with Gasteiger partial charge in [0.2, 0.25) is 10.0 Å². The molecule has 0 amide bonds. The minimum absolute atomic E-state index is 0.0505. The third-order valence-electron chi connectivity index (χ3n) is 3.34. The maximum atomic E-state index is 13.8. The Bertz CT molecular complexity index is 598. The molecule has 0 aliphatic carbocycles. The van der Waals surface area contributed by atoms with Gasteiger partial charge in [0.05, 0.1) is 17.6 Å². The highest BCUT2D eigenvalue weighted by Crippen LogP contribution is 2.29. The molecule has 0 aromatic heterocycles. The molecule has 4 N–H and O–H groups in total. The number of nitrogens with two attached hydrogens (primary N) is 2. The van der Waals surface area contributed by atoms with E-state index in [1.807, 2.05) is 0 Å². The van der Waals surface area contributed by atoms with Crippen molar-refractivity contribution < 1.29 is 17.5 Å². The maximum Gasteiger partial charge on any atom is 0.211 e. The predicted octanol–water partition coefficient (Wildman–Crippen LogP) is 0.793. The van der Waals surface area contributed by atoms with Crippen molar-refractivity contribution in [1.29, 1.82) is 0 Å². The Balaban J connectivity index is 2.02. The summed E-state index contributed by atoms with van der Waals surface area (Å²) in [7, 11) is -3.18. The number of nitrogen functional groups attached to an aromatic ring is 2. The minimum Gasteiger partial charge on any atom is -0.487 e. The van der Waals surface area contributed by atoms with Crippen LogP contribution in [0.15, 0.2) is 12.1 Å². The molecule has 8 heteroatoms. The highest BCUT2D eigenvalue weighted by molar-refractivity contribution is 7.88. The highest BCUT2D eigenvalue weighted by Gasteiger charge is 2.26. The van der Waals surface area contributed by atoms with Crippen molar-refractivity contribution in [3.05, 3.63) is 17.9 Å². The van der Waals surface area contributed by atoms with Crippen molar-refractivity contribution in [3.63, 3.8) is 0 Å². The molecule has 112 valence electrons. The zero-order chi connectivity index (χ0) is 14.9. The zero-order valence-electron chi connectivity index (χ0n) is 11.2. The molecule has 0 radical (unpaired) electrons. The summed E-state index contributed by atoms with van der Waals surface area (Å²) in [5.41, 5.74) is 11.0. The van der Waals surface area contributed by atoms with E-state index in [-0.39, 0.29) is 23.2 Å². The zero-order valence-corrected chi connectivity index (χ0v) is 12.0. The molecule has 1 fully saturated rings. The van der Waals surface area contributed by atoms with E-state index in [9.17, 15) is 12.8 Å². The summed E-state index contributed by atoms with van der Waals surface area (Å²) in [6.07, 6.45) is 1.97. The number of benzene rings is 1. The molecule has 0 atom stereocenters. The van der Waals surface area contributed by atoms with Crippen molar-refractivity contribution in [3.8, 4) is 5.75 Å². The Morgan fingerprint density at radius 1 is 1.30 bits per heavy atom. The van der Waals surface area contributed by atoms with Gasteiger partial charge in [-0.25, -0.2) is 17.1 Å². The summed E-state index contributed by atoms with van der Waals surface area (Å²) in [5.74, 6) is -0.620. The molecule has 1 aromatic carbocycles. The van der Waals surface area contributed by atoms with Gasteiger partial charge in [-0.2, -0.15) is 0 Å². The lowest BCUT2D eigenvalue weighted by molar-refractivity contribution is 0.130. The van der Waals surface area contributed by atoms with Crippen LogP contribution in [0.25, 0.3) is 0 Å². The van der Waals surface area contributed by atoms with Crippen LogP contribution < -0.4 is 16.2 Å². The van der Waals surface area contributed by atoms with Crippen molar-refractivity contribution in [2.45, 2.75) is 18.9 Å². The molecule has 0 bridgehead atoms. The molecule has 0 unspecified atom stereocenters. The molecule has 1 aliphatic heterocycles. The largest absolute Gasteiger partial charge is 0.487 e. The molecule has 20 heavy (non-hydrogen) atoms. The fraction of sp³-hybridized carbons (Fsp3) is 0.500. The van der Waals surface area contributed by atoms with Crippen molar-refractivity contribution in [2.24, 2.45) is 0 Å². The number of rotatable bonds is 3. The molecule has 6 nitrogen and oxygen atoms in total. The van der Waals surface area contributed by atoms with Gasteiger partial charge in [-0.1, -0.05) is 0 Å². The standard InChI is InChI=1S/C12H18FN3O3S/c1-20(17,18)16-6-4-8(5-7-16)19-10-3-2-9(14)12(15)11(10)13/h2-3,8H,4-7,14-15H2,1H3. The Morgan fingerprint density at radius 3 is 2.45 bits per heavy atom.